The van der Waals surface area contributed by atoms with Gasteiger partial charge in [0.2, 0.25) is 5.91 Å². The van der Waals surface area contributed by atoms with Crippen molar-refractivity contribution in [2.75, 3.05) is 7.05 Å². The number of nitrogens with zero attached hydrogens (tertiary/aromatic N) is 3. The van der Waals surface area contributed by atoms with Crippen LogP contribution in [-0.4, -0.2) is 39.0 Å². The summed E-state index contributed by atoms with van der Waals surface area (Å²) in [6.45, 7) is 1.70. The molecule has 28 heavy (non-hydrogen) atoms. The topological polar surface area (TPSA) is 88.9 Å². The van der Waals surface area contributed by atoms with E-state index in [-0.39, 0.29) is 0 Å². The van der Waals surface area contributed by atoms with Gasteiger partial charge in [0.1, 0.15) is 0 Å². The number of urea groups is 1. The Labute approximate surface area is 171 Å². The minimum absolute atomic E-state index is 0.420. The molecule has 0 aliphatic carbocycles. The molecule has 2 aromatic carbocycles. The summed E-state index contributed by atoms with van der Waals surface area (Å²) in [7, 11) is 1.45. The second-order valence-electron chi connectivity index (χ2n) is 5.81. The Hall–Kier alpha value is -2.84. The van der Waals surface area contributed by atoms with E-state index in [0.717, 1.165) is 11.3 Å². The highest BCUT2D eigenvalue weighted by atomic mass is 35.5. The molecule has 1 unspecified atom stereocenters. The van der Waals surface area contributed by atoms with Gasteiger partial charge in [-0.2, -0.15) is 0 Å². The number of benzene rings is 2. The maximum Gasteiger partial charge on any atom is 0.321 e. The lowest BCUT2D eigenvalue weighted by atomic mass is 10.2. The molecule has 0 spiro atoms. The number of amides is 3. The van der Waals surface area contributed by atoms with Gasteiger partial charge in [0, 0.05) is 23.3 Å². The molecule has 2 N–H and O–H groups in total. The first kappa shape index (κ1) is 19.9. The molecule has 3 aromatic rings. The molecule has 3 rings (SSSR count). The minimum atomic E-state index is -0.559. The van der Waals surface area contributed by atoms with E-state index >= 15 is 0 Å². The number of aromatic nitrogens is 3. The Kier molecular flexibility index (Phi) is 6.33. The Morgan fingerprint density at radius 1 is 1.07 bits per heavy atom. The van der Waals surface area contributed by atoms with Crippen LogP contribution < -0.4 is 10.6 Å². The molecular formula is C19H18ClN5O2S. The van der Waals surface area contributed by atoms with Gasteiger partial charge in [0.05, 0.1) is 5.25 Å². The van der Waals surface area contributed by atoms with Crippen molar-refractivity contribution in [3.63, 3.8) is 0 Å². The second kappa shape index (κ2) is 8.90. The third-order valence-electron chi connectivity index (χ3n) is 3.87. The number of carbonyl (C=O) groups excluding carboxylic acids is 2. The second-order valence-corrected chi connectivity index (χ2v) is 7.56. The van der Waals surface area contributed by atoms with Crippen molar-refractivity contribution in [2.45, 2.75) is 17.3 Å². The zero-order valence-corrected chi connectivity index (χ0v) is 16.8. The van der Waals surface area contributed by atoms with Crippen LogP contribution in [0.25, 0.3) is 17.1 Å². The van der Waals surface area contributed by atoms with Crippen LogP contribution in [-0.2, 0) is 4.79 Å². The van der Waals surface area contributed by atoms with Crippen LogP contribution >= 0.6 is 23.4 Å². The van der Waals surface area contributed by atoms with Crippen LogP contribution in [0.3, 0.4) is 0 Å². The molecule has 0 aliphatic heterocycles. The van der Waals surface area contributed by atoms with Crippen LogP contribution in [0.1, 0.15) is 6.92 Å². The number of thioether (sulfide) groups is 1. The van der Waals surface area contributed by atoms with Gasteiger partial charge in [0.25, 0.3) is 0 Å². The Bertz CT molecular complexity index is 976. The highest BCUT2D eigenvalue weighted by Crippen LogP contribution is 2.30. The number of nitrogens with one attached hydrogen (secondary N) is 2. The van der Waals surface area contributed by atoms with Crippen molar-refractivity contribution in [3.05, 3.63) is 59.6 Å². The fourth-order valence-corrected chi connectivity index (χ4v) is 3.42. The lowest BCUT2D eigenvalue weighted by molar-refractivity contribution is -0.119. The van der Waals surface area contributed by atoms with E-state index < -0.39 is 17.2 Å². The highest BCUT2D eigenvalue weighted by molar-refractivity contribution is 8.00. The molecular weight excluding hydrogens is 398 g/mol. The normalized spacial score (nSPS) is 11.7. The summed E-state index contributed by atoms with van der Waals surface area (Å²) in [4.78, 5) is 23.6. The smallest absolute Gasteiger partial charge is 0.321 e. The third-order valence-corrected chi connectivity index (χ3v) is 5.16. The maximum absolute atomic E-state index is 12.2. The van der Waals surface area contributed by atoms with Crippen LogP contribution in [0.5, 0.6) is 0 Å². The highest BCUT2D eigenvalue weighted by Gasteiger charge is 2.22. The molecule has 3 amide bonds. The van der Waals surface area contributed by atoms with E-state index in [0.29, 0.717) is 16.0 Å². The van der Waals surface area contributed by atoms with Crippen LogP contribution in [0.15, 0.2) is 59.8 Å². The quantitative estimate of drug-likeness (QED) is 0.622. The molecule has 9 heteroatoms. The fourth-order valence-electron chi connectivity index (χ4n) is 2.43. The van der Waals surface area contributed by atoms with Gasteiger partial charge >= 0.3 is 6.03 Å². The largest absolute Gasteiger partial charge is 0.341 e. The lowest BCUT2D eigenvalue weighted by Crippen LogP contribution is -2.41. The molecule has 0 bridgehead atoms. The SMILES string of the molecule is CNC(=O)NC(=O)C(C)Sc1nnc(-c2ccccc2)n1-c1ccc(Cl)cc1. The summed E-state index contributed by atoms with van der Waals surface area (Å²) in [5.41, 5.74) is 1.70. The molecule has 144 valence electrons. The van der Waals surface area contributed by atoms with E-state index in [9.17, 15) is 9.59 Å². The predicted molar refractivity (Wildman–Crippen MR) is 110 cm³/mol. The Morgan fingerprint density at radius 3 is 2.39 bits per heavy atom. The van der Waals surface area contributed by atoms with Crippen molar-refractivity contribution < 1.29 is 9.59 Å². The maximum atomic E-state index is 12.2. The van der Waals surface area contributed by atoms with Crippen molar-refractivity contribution >= 4 is 35.3 Å². The zero-order chi connectivity index (χ0) is 20.1. The summed E-state index contributed by atoms with van der Waals surface area (Å²) < 4.78 is 1.86. The number of halogens is 1. The molecule has 1 heterocycles. The van der Waals surface area contributed by atoms with Crippen LogP contribution in [0.2, 0.25) is 5.02 Å². The minimum Gasteiger partial charge on any atom is -0.341 e. The molecule has 1 atom stereocenters. The van der Waals surface area contributed by atoms with E-state index in [4.69, 9.17) is 11.6 Å². The fraction of sp³-hybridized carbons (Fsp3) is 0.158. The average molecular weight is 416 g/mol. The number of carbonyl (C=O) groups is 2. The molecule has 0 radical (unpaired) electrons. The average Bonchev–Trinajstić information content (AvgIpc) is 3.12. The molecule has 0 saturated heterocycles. The number of rotatable bonds is 5. The number of imide groups is 1. The first-order valence-electron chi connectivity index (χ1n) is 8.45. The first-order chi connectivity index (χ1) is 13.5. The van der Waals surface area contributed by atoms with E-state index in [1.807, 2.05) is 47.0 Å². The molecule has 7 nitrogen and oxygen atoms in total. The van der Waals surface area contributed by atoms with E-state index in [2.05, 4.69) is 20.8 Å². The van der Waals surface area contributed by atoms with Gasteiger partial charge in [-0.05, 0) is 31.2 Å². The van der Waals surface area contributed by atoms with Crippen LogP contribution in [0.4, 0.5) is 4.79 Å². The number of hydrogen-bond donors (Lipinski definition) is 2. The predicted octanol–water partition coefficient (Wildman–Crippen LogP) is 3.52. The van der Waals surface area contributed by atoms with Crippen LogP contribution in [0, 0.1) is 0 Å². The summed E-state index contributed by atoms with van der Waals surface area (Å²) >= 11 is 7.23. The Balaban J connectivity index is 1.97. The standard InChI is InChI=1S/C19H18ClN5O2S/c1-12(17(26)22-18(27)21-2)28-19-24-23-16(13-6-4-3-5-7-13)25(19)15-10-8-14(20)9-11-15/h3-12H,1-2H3,(H2,21,22,26,27). The van der Waals surface area contributed by atoms with Gasteiger partial charge in [-0.15, -0.1) is 10.2 Å². The van der Waals surface area contributed by atoms with Gasteiger partial charge < -0.3 is 5.32 Å². The van der Waals surface area contributed by atoms with Gasteiger partial charge in [-0.3, -0.25) is 14.7 Å². The van der Waals surface area contributed by atoms with Gasteiger partial charge in [-0.25, -0.2) is 4.79 Å². The molecule has 0 aliphatic rings. The number of hydrogen-bond acceptors (Lipinski definition) is 5. The lowest BCUT2D eigenvalue weighted by Gasteiger charge is -2.13. The molecule has 0 fully saturated rings. The van der Waals surface area contributed by atoms with Crippen molar-refractivity contribution in [2.24, 2.45) is 0 Å². The van der Waals surface area contributed by atoms with Gasteiger partial charge in [-0.1, -0.05) is 53.7 Å². The Morgan fingerprint density at radius 2 is 1.75 bits per heavy atom. The van der Waals surface area contributed by atoms with E-state index in [1.54, 1.807) is 19.1 Å². The molecule has 0 saturated carbocycles. The third kappa shape index (κ3) is 4.52. The monoisotopic (exact) mass is 415 g/mol. The summed E-state index contributed by atoms with van der Waals surface area (Å²) in [6, 6.07) is 16.4. The van der Waals surface area contributed by atoms with Crippen molar-refractivity contribution in [1.82, 2.24) is 25.4 Å². The summed E-state index contributed by atoms with van der Waals surface area (Å²) in [5.74, 6) is 0.223. The summed E-state index contributed by atoms with van der Waals surface area (Å²) in [5, 5.41) is 13.8. The summed E-state index contributed by atoms with van der Waals surface area (Å²) in [6.07, 6.45) is 0. The van der Waals surface area contributed by atoms with E-state index in [1.165, 1.54) is 18.8 Å². The first-order valence-corrected chi connectivity index (χ1v) is 9.71. The zero-order valence-electron chi connectivity index (χ0n) is 15.2. The van der Waals surface area contributed by atoms with Gasteiger partial charge in [0.15, 0.2) is 11.0 Å². The molecule has 1 aromatic heterocycles. The van der Waals surface area contributed by atoms with Crippen molar-refractivity contribution in [1.29, 1.82) is 0 Å². The van der Waals surface area contributed by atoms with Crippen molar-refractivity contribution in [3.8, 4) is 17.1 Å².